The second-order valence-corrected chi connectivity index (χ2v) is 14.6. The lowest BCUT2D eigenvalue weighted by atomic mass is 10.1. The monoisotopic (exact) mass is 670 g/mol. The average Bonchev–Trinajstić information content (AvgIpc) is 3.36. The van der Waals surface area contributed by atoms with Crippen molar-refractivity contribution in [2.45, 2.75) is 24.8 Å². The summed E-state index contributed by atoms with van der Waals surface area (Å²) in [6.45, 7) is 2.29. The van der Waals surface area contributed by atoms with E-state index in [0.29, 0.717) is 40.5 Å². The van der Waals surface area contributed by atoms with Crippen molar-refractivity contribution in [3.63, 3.8) is 0 Å². The van der Waals surface area contributed by atoms with Crippen LogP contribution < -0.4 is 15.1 Å². The molecule has 0 saturated carbocycles. The molecule has 4 heterocycles. The molecule has 5 aromatic rings. The molecule has 0 saturated heterocycles. The maximum atomic E-state index is 14.4. The molecular weight excluding hydrogens is 643 g/mol. The Balaban J connectivity index is 1.17. The average molecular weight is 671 g/mol. The predicted molar refractivity (Wildman–Crippen MR) is 178 cm³/mol. The zero-order chi connectivity index (χ0) is 32.9. The SMILES string of the molecule is Cc1cccc(F)c1NC(=O)c1cc2c(s1)-c1ccccc1N(C(=O)c1cccc(N3CCS(=O)(=O)c4ccc(F)cc4C3)n1)CC2. The molecule has 7 rings (SSSR count). The first-order valence-electron chi connectivity index (χ1n) is 14.9. The number of para-hydroxylation sites is 2. The third-order valence-electron chi connectivity index (χ3n) is 8.41. The molecule has 0 unspecified atom stereocenters. The lowest BCUT2D eigenvalue weighted by Crippen LogP contribution is -2.34. The van der Waals surface area contributed by atoms with E-state index in [0.717, 1.165) is 22.1 Å². The van der Waals surface area contributed by atoms with Crippen LogP contribution in [0.2, 0.25) is 0 Å². The Hall–Kier alpha value is -4.94. The first kappa shape index (κ1) is 30.7. The van der Waals surface area contributed by atoms with Crippen molar-refractivity contribution in [1.29, 1.82) is 0 Å². The molecule has 12 heteroatoms. The highest BCUT2D eigenvalue weighted by Gasteiger charge is 2.30. The van der Waals surface area contributed by atoms with Crippen LogP contribution in [0.25, 0.3) is 10.4 Å². The van der Waals surface area contributed by atoms with E-state index in [1.807, 2.05) is 24.3 Å². The fourth-order valence-electron chi connectivity index (χ4n) is 6.04. The van der Waals surface area contributed by atoms with Gasteiger partial charge in [0.25, 0.3) is 11.8 Å². The number of sulfone groups is 1. The first-order chi connectivity index (χ1) is 22.6. The molecule has 0 spiro atoms. The fraction of sp³-hybridized carbons (Fsp3) is 0.171. The van der Waals surface area contributed by atoms with Crippen molar-refractivity contribution in [2.75, 3.05) is 34.0 Å². The van der Waals surface area contributed by atoms with Gasteiger partial charge in [-0.3, -0.25) is 9.59 Å². The highest BCUT2D eigenvalue weighted by Crippen LogP contribution is 2.42. The van der Waals surface area contributed by atoms with Gasteiger partial charge >= 0.3 is 0 Å². The summed E-state index contributed by atoms with van der Waals surface area (Å²) in [5, 5.41) is 2.71. The van der Waals surface area contributed by atoms with Gasteiger partial charge in [-0.15, -0.1) is 11.3 Å². The minimum Gasteiger partial charge on any atom is -0.351 e. The summed E-state index contributed by atoms with van der Waals surface area (Å²) in [7, 11) is -3.62. The lowest BCUT2D eigenvalue weighted by molar-refractivity contribution is 0.0981. The number of aromatic nitrogens is 1. The van der Waals surface area contributed by atoms with Crippen LogP contribution in [-0.4, -0.2) is 44.1 Å². The van der Waals surface area contributed by atoms with Gasteiger partial charge in [-0.2, -0.15) is 0 Å². The number of thiophene rings is 1. The number of rotatable bonds is 4. The summed E-state index contributed by atoms with van der Waals surface area (Å²) < 4.78 is 54.3. The number of benzene rings is 3. The van der Waals surface area contributed by atoms with Gasteiger partial charge in [0.2, 0.25) is 0 Å². The number of carbonyl (C=O) groups is 2. The Labute approximate surface area is 274 Å². The quantitative estimate of drug-likeness (QED) is 0.215. The largest absolute Gasteiger partial charge is 0.351 e. The van der Waals surface area contributed by atoms with Crippen LogP contribution in [0.4, 0.5) is 26.0 Å². The molecule has 47 heavy (non-hydrogen) atoms. The van der Waals surface area contributed by atoms with Crippen molar-refractivity contribution in [3.05, 3.63) is 124 Å². The van der Waals surface area contributed by atoms with E-state index < -0.39 is 27.4 Å². The van der Waals surface area contributed by atoms with Crippen molar-refractivity contribution in [2.24, 2.45) is 0 Å². The summed E-state index contributed by atoms with van der Waals surface area (Å²) in [5.74, 6) is -1.54. The Morgan fingerprint density at radius 2 is 1.72 bits per heavy atom. The molecule has 0 fully saturated rings. The second kappa shape index (κ2) is 12.0. The number of hydrogen-bond acceptors (Lipinski definition) is 7. The molecular formula is C35H28F2N4O4S2. The van der Waals surface area contributed by atoms with Crippen molar-refractivity contribution >= 4 is 50.2 Å². The van der Waals surface area contributed by atoms with Gasteiger partial charge in [0, 0.05) is 30.1 Å². The van der Waals surface area contributed by atoms with E-state index >= 15 is 0 Å². The van der Waals surface area contributed by atoms with Crippen molar-refractivity contribution in [3.8, 4) is 10.4 Å². The second-order valence-electron chi connectivity index (χ2n) is 11.4. The van der Waals surface area contributed by atoms with Crippen LogP contribution in [0.1, 0.15) is 36.9 Å². The van der Waals surface area contributed by atoms with Crippen LogP contribution in [0.3, 0.4) is 0 Å². The zero-order valence-corrected chi connectivity index (χ0v) is 26.8. The number of anilines is 3. The molecule has 8 nitrogen and oxygen atoms in total. The van der Waals surface area contributed by atoms with Gasteiger partial charge in [-0.1, -0.05) is 36.4 Å². The van der Waals surface area contributed by atoms with Gasteiger partial charge in [-0.05, 0) is 78.6 Å². The van der Waals surface area contributed by atoms with Crippen LogP contribution in [0.5, 0.6) is 0 Å². The number of nitrogens with one attached hydrogen (secondary N) is 1. The molecule has 0 bridgehead atoms. The zero-order valence-electron chi connectivity index (χ0n) is 25.2. The summed E-state index contributed by atoms with van der Waals surface area (Å²) >= 11 is 1.29. The minimum absolute atomic E-state index is 0.102. The molecule has 2 aliphatic heterocycles. The molecule has 0 aliphatic carbocycles. The number of carbonyl (C=O) groups excluding carboxylic acids is 2. The van der Waals surface area contributed by atoms with E-state index in [1.165, 1.54) is 29.5 Å². The smallest absolute Gasteiger partial charge is 0.276 e. The predicted octanol–water partition coefficient (Wildman–Crippen LogP) is 6.65. The fourth-order valence-corrected chi connectivity index (χ4v) is 8.66. The molecule has 0 radical (unpaired) electrons. The third kappa shape index (κ3) is 5.79. The first-order valence-corrected chi connectivity index (χ1v) is 17.4. The molecule has 0 atom stereocenters. The van der Waals surface area contributed by atoms with E-state index in [2.05, 4.69) is 10.3 Å². The number of nitrogens with zero attached hydrogens (tertiary/aromatic N) is 3. The van der Waals surface area contributed by atoms with Crippen LogP contribution in [0.15, 0.2) is 89.8 Å². The van der Waals surface area contributed by atoms with Crippen LogP contribution in [-0.2, 0) is 22.8 Å². The maximum absolute atomic E-state index is 14.4. The van der Waals surface area contributed by atoms with Gasteiger partial charge in [0.05, 0.1) is 26.9 Å². The highest BCUT2D eigenvalue weighted by atomic mass is 32.2. The molecule has 2 aromatic heterocycles. The van der Waals surface area contributed by atoms with Gasteiger partial charge in [0.1, 0.15) is 23.1 Å². The Morgan fingerprint density at radius 1 is 0.915 bits per heavy atom. The molecule has 2 amide bonds. The number of hydrogen-bond donors (Lipinski definition) is 1. The Bertz CT molecular complexity index is 2160. The normalized spacial score (nSPS) is 15.1. The Kier molecular flexibility index (Phi) is 7.85. The summed E-state index contributed by atoms with van der Waals surface area (Å²) in [6.07, 6.45) is 0.463. The number of amides is 2. The highest BCUT2D eigenvalue weighted by molar-refractivity contribution is 7.91. The molecule has 1 N–H and O–H groups in total. The maximum Gasteiger partial charge on any atom is 0.276 e. The van der Waals surface area contributed by atoms with E-state index in [9.17, 15) is 26.8 Å². The van der Waals surface area contributed by atoms with Gasteiger partial charge in [-0.25, -0.2) is 22.2 Å². The number of pyridine rings is 1. The summed E-state index contributed by atoms with van der Waals surface area (Å²) in [4.78, 5) is 36.7. The van der Waals surface area contributed by atoms with Crippen molar-refractivity contribution in [1.82, 2.24) is 4.98 Å². The molecule has 3 aromatic carbocycles. The van der Waals surface area contributed by atoms with Crippen LogP contribution in [0, 0.1) is 18.6 Å². The summed E-state index contributed by atoms with van der Waals surface area (Å²) in [5.41, 5.74) is 3.62. The van der Waals surface area contributed by atoms with E-state index in [4.69, 9.17) is 0 Å². The number of fused-ring (bicyclic) bond motifs is 4. The van der Waals surface area contributed by atoms with E-state index in [1.54, 1.807) is 53.1 Å². The van der Waals surface area contributed by atoms with Crippen molar-refractivity contribution < 1.29 is 26.8 Å². The Morgan fingerprint density at radius 3 is 2.55 bits per heavy atom. The lowest BCUT2D eigenvalue weighted by Gasteiger charge is -2.25. The standard InChI is InChI=1S/C35H28F2N4O4S2/c1-21-6-4-8-26(37)32(21)39-34(42)29-19-22-14-15-41(28-10-3-2-7-25(28)33(22)46-29)35(43)27-9-5-11-31(38-27)40-16-17-47(44,45)30-13-12-24(36)18-23(30)20-40/h2-13,18-19H,14-17,20H2,1H3,(H,39,42). The topological polar surface area (TPSA) is 99.7 Å². The molecule has 238 valence electrons. The number of halogens is 2. The third-order valence-corrected chi connectivity index (χ3v) is 11.4. The molecule has 2 aliphatic rings. The minimum atomic E-state index is -3.62. The van der Waals surface area contributed by atoms with Gasteiger partial charge < -0.3 is 15.1 Å². The van der Waals surface area contributed by atoms with E-state index in [-0.39, 0.29) is 41.0 Å². The summed E-state index contributed by atoms with van der Waals surface area (Å²) in [6, 6.07) is 22.6. The van der Waals surface area contributed by atoms with Crippen LogP contribution >= 0.6 is 11.3 Å². The number of aryl methyl sites for hydroxylation is 1. The van der Waals surface area contributed by atoms with Gasteiger partial charge in [0.15, 0.2) is 9.84 Å².